The quantitative estimate of drug-likeness (QED) is 0.620. The van der Waals surface area contributed by atoms with Gasteiger partial charge in [-0.3, -0.25) is 0 Å². The number of nitriles is 1. The molecule has 2 aromatic carbocycles. The van der Waals surface area contributed by atoms with Crippen LogP contribution in [0.2, 0.25) is 5.02 Å². The molecule has 1 heterocycles. The number of anilines is 4. The molecule has 0 spiro atoms. The first-order chi connectivity index (χ1) is 13.3. The maximum Gasteiger partial charge on any atom is 0.421 e. The molecule has 1 N–H and O–H groups in total. The van der Waals surface area contributed by atoms with Crippen LogP contribution in [-0.2, 0) is 6.18 Å². The number of halogens is 4. The van der Waals surface area contributed by atoms with Crippen molar-refractivity contribution in [1.82, 2.24) is 9.97 Å². The highest BCUT2D eigenvalue weighted by Crippen LogP contribution is 2.37. The van der Waals surface area contributed by atoms with Gasteiger partial charge in [-0.2, -0.15) is 23.4 Å². The van der Waals surface area contributed by atoms with Gasteiger partial charge in [0.15, 0.2) is 5.82 Å². The Labute approximate surface area is 164 Å². The molecule has 0 radical (unpaired) electrons. The number of hydrogen-bond acceptors (Lipinski definition) is 5. The molecule has 0 unspecified atom stereocenters. The summed E-state index contributed by atoms with van der Waals surface area (Å²) in [5.74, 6) is -0.311. The van der Waals surface area contributed by atoms with E-state index in [0.29, 0.717) is 22.0 Å². The van der Waals surface area contributed by atoms with Gasteiger partial charge in [0.25, 0.3) is 0 Å². The number of aromatic nitrogens is 2. The molecule has 5 nitrogen and oxygen atoms in total. The van der Waals surface area contributed by atoms with Crippen LogP contribution in [0.4, 0.5) is 36.3 Å². The minimum atomic E-state index is -4.63. The van der Waals surface area contributed by atoms with Crippen molar-refractivity contribution in [3.05, 3.63) is 70.9 Å². The molecule has 28 heavy (non-hydrogen) atoms. The highest BCUT2D eigenvalue weighted by Gasteiger charge is 2.36. The largest absolute Gasteiger partial charge is 0.421 e. The second kappa shape index (κ2) is 7.74. The summed E-state index contributed by atoms with van der Waals surface area (Å²) in [4.78, 5) is 9.13. The molecule has 0 amide bonds. The number of nitrogens with one attached hydrogen (secondary N) is 1. The molecule has 0 aliphatic rings. The van der Waals surface area contributed by atoms with E-state index < -0.39 is 11.7 Å². The van der Waals surface area contributed by atoms with E-state index >= 15 is 0 Å². The first kappa shape index (κ1) is 19.5. The summed E-state index contributed by atoms with van der Waals surface area (Å²) in [6.07, 6.45) is -3.89. The van der Waals surface area contributed by atoms with Gasteiger partial charge in [-0.15, -0.1) is 0 Å². The number of alkyl halides is 3. The number of benzene rings is 2. The minimum Gasteiger partial charge on any atom is -0.329 e. The van der Waals surface area contributed by atoms with Crippen LogP contribution >= 0.6 is 11.6 Å². The van der Waals surface area contributed by atoms with Crippen LogP contribution in [-0.4, -0.2) is 17.0 Å². The first-order valence-corrected chi connectivity index (χ1v) is 8.36. The van der Waals surface area contributed by atoms with Gasteiger partial charge in [0.1, 0.15) is 5.56 Å². The normalized spacial score (nSPS) is 11.0. The molecule has 0 saturated heterocycles. The average molecular weight is 404 g/mol. The fourth-order valence-corrected chi connectivity index (χ4v) is 2.56. The van der Waals surface area contributed by atoms with Gasteiger partial charge in [0.2, 0.25) is 5.95 Å². The van der Waals surface area contributed by atoms with Crippen LogP contribution < -0.4 is 10.2 Å². The highest BCUT2D eigenvalue weighted by molar-refractivity contribution is 6.30. The summed E-state index contributed by atoms with van der Waals surface area (Å²) in [6.45, 7) is 0. The van der Waals surface area contributed by atoms with Gasteiger partial charge >= 0.3 is 6.18 Å². The van der Waals surface area contributed by atoms with Crippen LogP contribution in [0.15, 0.2) is 54.7 Å². The lowest BCUT2D eigenvalue weighted by atomic mass is 10.2. The molecule has 0 bridgehead atoms. The lowest BCUT2D eigenvalue weighted by Gasteiger charge is -2.23. The second-order valence-electron chi connectivity index (χ2n) is 5.78. The Morgan fingerprint density at radius 1 is 1.07 bits per heavy atom. The van der Waals surface area contributed by atoms with E-state index in [1.807, 2.05) is 6.07 Å². The third-order valence-corrected chi connectivity index (χ3v) is 4.13. The van der Waals surface area contributed by atoms with Crippen LogP contribution in [0.5, 0.6) is 0 Å². The van der Waals surface area contributed by atoms with Crippen molar-refractivity contribution < 1.29 is 13.2 Å². The van der Waals surface area contributed by atoms with Crippen molar-refractivity contribution in [2.24, 2.45) is 0 Å². The third-order valence-electron chi connectivity index (χ3n) is 3.88. The topological polar surface area (TPSA) is 64.8 Å². The van der Waals surface area contributed by atoms with Crippen LogP contribution in [0.3, 0.4) is 0 Å². The van der Waals surface area contributed by atoms with E-state index in [0.717, 1.165) is 6.20 Å². The van der Waals surface area contributed by atoms with Crippen molar-refractivity contribution >= 4 is 34.7 Å². The van der Waals surface area contributed by atoms with E-state index in [4.69, 9.17) is 16.9 Å². The fraction of sp³-hybridized carbons (Fsp3) is 0.105. The molecule has 142 valence electrons. The van der Waals surface area contributed by atoms with E-state index in [9.17, 15) is 13.2 Å². The van der Waals surface area contributed by atoms with E-state index in [-0.39, 0.29) is 11.8 Å². The Morgan fingerprint density at radius 2 is 1.71 bits per heavy atom. The molecule has 0 atom stereocenters. The van der Waals surface area contributed by atoms with Gasteiger partial charge in [0, 0.05) is 29.6 Å². The zero-order valence-corrected chi connectivity index (χ0v) is 15.3. The lowest BCUT2D eigenvalue weighted by Crippen LogP contribution is -2.19. The van der Waals surface area contributed by atoms with E-state index in [2.05, 4.69) is 15.3 Å². The Kier molecular flexibility index (Phi) is 5.38. The van der Waals surface area contributed by atoms with Crippen LogP contribution in [0.1, 0.15) is 11.1 Å². The Bertz CT molecular complexity index is 1010. The second-order valence-corrected chi connectivity index (χ2v) is 6.21. The number of hydrogen-bond donors (Lipinski definition) is 1. The molecule has 3 aromatic rings. The Hall–Kier alpha value is -3.31. The minimum absolute atomic E-state index is 0.00539. The van der Waals surface area contributed by atoms with Crippen molar-refractivity contribution in [3.8, 4) is 6.07 Å². The zero-order valence-electron chi connectivity index (χ0n) is 14.5. The average Bonchev–Trinajstić information content (AvgIpc) is 2.68. The summed E-state index contributed by atoms with van der Waals surface area (Å²) >= 11 is 5.83. The maximum atomic E-state index is 13.5. The monoisotopic (exact) mass is 403 g/mol. The molecule has 3 rings (SSSR count). The predicted molar refractivity (Wildman–Crippen MR) is 101 cm³/mol. The summed E-state index contributed by atoms with van der Waals surface area (Å²) in [5, 5.41) is 12.3. The summed E-state index contributed by atoms with van der Waals surface area (Å²) in [6, 6.07) is 14.7. The molecular formula is C19H13ClF3N5. The van der Waals surface area contributed by atoms with Gasteiger partial charge in [-0.05, 0) is 48.5 Å². The number of nitrogens with zero attached hydrogens (tertiary/aromatic N) is 4. The predicted octanol–water partition coefficient (Wildman–Crippen LogP) is 5.53. The SMILES string of the molecule is CN(c1ccc(C#N)cc1)c1nc(Nc2ccc(Cl)cc2)ncc1C(F)(F)F. The standard InChI is InChI=1S/C19H13ClF3N5/c1-28(15-8-2-12(10-24)3-9-15)17-16(19(21,22)23)11-25-18(27-17)26-14-6-4-13(20)5-7-14/h2-9,11H,1H3,(H,25,26,27). The molecule has 1 aromatic heterocycles. The highest BCUT2D eigenvalue weighted by atomic mass is 35.5. The van der Waals surface area contributed by atoms with E-state index in [1.165, 1.54) is 24.1 Å². The van der Waals surface area contributed by atoms with Crippen LogP contribution in [0, 0.1) is 11.3 Å². The van der Waals surface area contributed by atoms with Crippen molar-refractivity contribution in [2.75, 3.05) is 17.3 Å². The van der Waals surface area contributed by atoms with Crippen molar-refractivity contribution in [2.45, 2.75) is 6.18 Å². The van der Waals surface area contributed by atoms with Gasteiger partial charge in [-0.25, -0.2) is 4.98 Å². The van der Waals surface area contributed by atoms with E-state index in [1.54, 1.807) is 36.4 Å². The third kappa shape index (κ3) is 4.32. The van der Waals surface area contributed by atoms with Crippen LogP contribution in [0.25, 0.3) is 0 Å². The summed E-state index contributed by atoms with van der Waals surface area (Å²) in [5.41, 5.74) is 0.457. The molecule has 0 aliphatic heterocycles. The molecule has 0 fully saturated rings. The fourth-order valence-electron chi connectivity index (χ4n) is 2.43. The van der Waals surface area contributed by atoms with Crippen molar-refractivity contribution in [3.63, 3.8) is 0 Å². The van der Waals surface area contributed by atoms with Gasteiger partial charge < -0.3 is 10.2 Å². The lowest BCUT2D eigenvalue weighted by molar-refractivity contribution is -0.137. The number of rotatable bonds is 4. The maximum absolute atomic E-state index is 13.5. The summed E-state index contributed by atoms with van der Waals surface area (Å²) in [7, 11) is 1.46. The zero-order chi connectivity index (χ0) is 20.3. The van der Waals surface area contributed by atoms with Gasteiger partial charge in [0.05, 0.1) is 11.6 Å². The smallest absolute Gasteiger partial charge is 0.329 e. The molecular weight excluding hydrogens is 391 g/mol. The molecule has 9 heteroatoms. The van der Waals surface area contributed by atoms with Gasteiger partial charge in [-0.1, -0.05) is 11.6 Å². The Morgan fingerprint density at radius 3 is 2.29 bits per heavy atom. The Balaban J connectivity index is 2.00. The van der Waals surface area contributed by atoms with Crippen molar-refractivity contribution in [1.29, 1.82) is 5.26 Å². The summed E-state index contributed by atoms with van der Waals surface area (Å²) < 4.78 is 40.4. The molecule has 0 aliphatic carbocycles. The molecule has 0 saturated carbocycles. The first-order valence-electron chi connectivity index (χ1n) is 7.98.